The summed E-state index contributed by atoms with van der Waals surface area (Å²) in [5, 5.41) is 4.10. The van der Waals surface area contributed by atoms with E-state index in [1.807, 2.05) is 35.1 Å². The number of nitrogens with one attached hydrogen (secondary N) is 2. The van der Waals surface area contributed by atoms with Gasteiger partial charge in [-0.1, -0.05) is 17.7 Å². The highest BCUT2D eigenvalue weighted by atomic mass is 35.5. The molecule has 1 aromatic carbocycles. The van der Waals surface area contributed by atoms with Crippen LogP contribution in [0.5, 0.6) is 0 Å². The predicted octanol–water partition coefficient (Wildman–Crippen LogP) is 2.72. The molecular formula is C18H23ClN6. The zero-order chi connectivity index (χ0) is 17.4. The van der Waals surface area contributed by atoms with Crippen molar-refractivity contribution in [3.05, 3.63) is 53.6 Å². The lowest BCUT2D eigenvalue weighted by Crippen LogP contribution is -2.58. The van der Waals surface area contributed by atoms with Gasteiger partial charge in [0, 0.05) is 35.1 Å². The Morgan fingerprint density at radius 3 is 2.84 bits per heavy atom. The third-order valence-electron chi connectivity index (χ3n) is 5.13. The van der Waals surface area contributed by atoms with E-state index in [1.165, 1.54) is 0 Å². The quantitative estimate of drug-likeness (QED) is 0.676. The molecule has 1 aromatic heterocycles. The van der Waals surface area contributed by atoms with Crippen LogP contribution in [0.2, 0.25) is 5.02 Å². The largest absolute Gasteiger partial charge is 0.353 e. The van der Waals surface area contributed by atoms with Gasteiger partial charge < -0.3 is 22.2 Å². The Labute approximate surface area is 152 Å². The van der Waals surface area contributed by atoms with Crippen molar-refractivity contribution in [1.82, 2.24) is 9.66 Å². The Hall–Kier alpha value is -2.02. The smallest absolute Gasteiger partial charge is 0.174 e. The second-order valence-corrected chi connectivity index (χ2v) is 7.41. The maximum absolute atomic E-state index is 6.78. The molecule has 1 unspecified atom stereocenters. The third kappa shape index (κ3) is 3.25. The van der Waals surface area contributed by atoms with E-state index in [4.69, 9.17) is 23.1 Å². The average Bonchev–Trinajstić information content (AvgIpc) is 3.03. The number of aromatic nitrogens is 2. The van der Waals surface area contributed by atoms with Gasteiger partial charge in [-0.05, 0) is 50.0 Å². The summed E-state index contributed by atoms with van der Waals surface area (Å²) >= 11 is 6.10. The van der Waals surface area contributed by atoms with Crippen LogP contribution in [0.15, 0.2) is 42.7 Å². The fraction of sp³-hybridized carbons (Fsp3) is 0.389. The number of hydrogen-bond donors (Lipinski definition) is 4. The molecule has 0 radical (unpaired) electrons. The van der Waals surface area contributed by atoms with E-state index >= 15 is 0 Å². The van der Waals surface area contributed by atoms with Gasteiger partial charge in [0.1, 0.15) is 5.66 Å². The molecule has 6 N–H and O–H groups in total. The summed E-state index contributed by atoms with van der Waals surface area (Å²) in [5.41, 5.74) is 17.4. The zero-order valence-corrected chi connectivity index (χ0v) is 14.7. The number of anilines is 1. The summed E-state index contributed by atoms with van der Waals surface area (Å²) < 4.78 is 1.89. The van der Waals surface area contributed by atoms with Crippen molar-refractivity contribution in [3.8, 4) is 0 Å². The number of hydrogen-bond acceptors (Lipinski definition) is 5. The zero-order valence-electron chi connectivity index (χ0n) is 14.0. The molecular weight excluding hydrogens is 336 g/mol. The van der Waals surface area contributed by atoms with Crippen LogP contribution in [0.25, 0.3) is 5.70 Å². The molecule has 2 heterocycles. The highest BCUT2D eigenvalue weighted by Gasteiger charge is 2.39. The highest BCUT2D eigenvalue weighted by molar-refractivity contribution is 6.30. The average molecular weight is 359 g/mol. The second kappa shape index (κ2) is 6.37. The van der Waals surface area contributed by atoms with Crippen LogP contribution in [0.4, 0.5) is 5.69 Å². The third-order valence-corrected chi connectivity index (χ3v) is 5.37. The van der Waals surface area contributed by atoms with E-state index in [2.05, 4.69) is 21.8 Å². The molecule has 1 aliphatic heterocycles. The minimum absolute atomic E-state index is 0.292. The van der Waals surface area contributed by atoms with Crippen molar-refractivity contribution in [2.75, 3.05) is 10.7 Å². The Kier molecular flexibility index (Phi) is 4.19. The lowest BCUT2D eigenvalue weighted by Gasteiger charge is -2.42. The van der Waals surface area contributed by atoms with Crippen molar-refractivity contribution >= 4 is 23.0 Å². The van der Waals surface area contributed by atoms with Crippen molar-refractivity contribution in [2.45, 2.75) is 37.4 Å². The minimum Gasteiger partial charge on any atom is -0.353 e. The monoisotopic (exact) mass is 358 g/mol. The normalized spacial score (nSPS) is 28.7. The fourth-order valence-electron chi connectivity index (χ4n) is 3.76. The summed E-state index contributed by atoms with van der Waals surface area (Å²) in [6.45, 7) is 0. The van der Waals surface area contributed by atoms with Gasteiger partial charge in [0.15, 0.2) is 5.82 Å². The van der Waals surface area contributed by atoms with Crippen LogP contribution in [0.3, 0.4) is 0 Å². The van der Waals surface area contributed by atoms with Gasteiger partial charge in [0.25, 0.3) is 0 Å². The maximum atomic E-state index is 6.78. The van der Waals surface area contributed by atoms with Gasteiger partial charge in [0.05, 0.1) is 5.70 Å². The molecule has 0 amide bonds. The highest BCUT2D eigenvalue weighted by Crippen LogP contribution is 2.35. The minimum atomic E-state index is -0.644. The summed E-state index contributed by atoms with van der Waals surface area (Å²) in [6, 6.07) is 7.91. The first kappa shape index (κ1) is 16.4. The summed E-state index contributed by atoms with van der Waals surface area (Å²) in [7, 11) is 0. The molecule has 132 valence electrons. The molecule has 2 aliphatic rings. The Balaban J connectivity index is 1.66. The summed E-state index contributed by atoms with van der Waals surface area (Å²) in [6.07, 6.45) is 9.74. The van der Waals surface area contributed by atoms with E-state index in [0.29, 0.717) is 17.0 Å². The van der Waals surface area contributed by atoms with Gasteiger partial charge >= 0.3 is 0 Å². The SMILES string of the molecule is NC1CCC(C2(N)C=C(Nc3cccc(Cl)c3)c3nccn3N2)CC1. The van der Waals surface area contributed by atoms with Gasteiger partial charge in [0.2, 0.25) is 0 Å². The molecule has 2 aromatic rings. The first-order chi connectivity index (χ1) is 12.0. The number of imidazole rings is 1. The van der Waals surface area contributed by atoms with Crippen molar-refractivity contribution < 1.29 is 0 Å². The van der Waals surface area contributed by atoms with Gasteiger partial charge in [-0.2, -0.15) is 0 Å². The van der Waals surface area contributed by atoms with Gasteiger partial charge in [-0.3, -0.25) is 0 Å². The van der Waals surface area contributed by atoms with Crippen LogP contribution in [-0.4, -0.2) is 21.4 Å². The number of fused-ring (bicyclic) bond motifs is 1. The van der Waals surface area contributed by atoms with Crippen LogP contribution in [-0.2, 0) is 0 Å². The lowest BCUT2D eigenvalue weighted by molar-refractivity contribution is 0.239. The van der Waals surface area contributed by atoms with Crippen LogP contribution < -0.4 is 22.2 Å². The first-order valence-corrected chi connectivity index (χ1v) is 9.03. The molecule has 25 heavy (non-hydrogen) atoms. The molecule has 7 heteroatoms. The molecule has 1 fully saturated rings. The molecule has 4 rings (SSSR count). The van der Waals surface area contributed by atoms with E-state index in [-0.39, 0.29) is 0 Å². The number of halogens is 1. The van der Waals surface area contributed by atoms with Crippen molar-refractivity contribution in [1.29, 1.82) is 0 Å². The Morgan fingerprint density at radius 1 is 1.28 bits per heavy atom. The molecule has 0 saturated heterocycles. The predicted molar refractivity (Wildman–Crippen MR) is 101 cm³/mol. The fourth-order valence-corrected chi connectivity index (χ4v) is 3.95. The number of nitrogens with zero attached hydrogens (tertiary/aromatic N) is 2. The maximum Gasteiger partial charge on any atom is 0.174 e. The lowest BCUT2D eigenvalue weighted by atomic mass is 9.78. The van der Waals surface area contributed by atoms with Crippen LogP contribution >= 0.6 is 11.6 Å². The van der Waals surface area contributed by atoms with E-state index in [9.17, 15) is 0 Å². The van der Waals surface area contributed by atoms with Crippen LogP contribution in [0.1, 0.15) is 31.5 Å². The van der Waals surface area contributed by atoms with E-state index < -0.39 is 5.66 Å². The number of nitrogens with two attached hydrogens (primary N) is 2. The molecule has 1 saturated carbocycles. The standard InChI is InChI=1S/C18H23ClN6/c19-13-2-1-3-15(10-13)23-16-11-18(21,12-4-6-14(20)7-5-12)24-25-9-8-22-17(16)25/h1-3,8-12,14,23-24H,4-7,20-21H2. The van der Waals surface area contributed by atoms with Gasteiger partial charge in [-0.15, -0.1) is 0 Å². The molecule has 0 bridgehead atoms. The Bertz CT molecular complexity index is 792. The molecule has 1 aliphatic carbocycles. The van der Waals surface area contributed by atoms with Crippen molar-refractivity contribution in [3.63, 3.8) is 0 Å². The molecule has 0 spiro atoms. The topological polar surface area (TPSA) is 93.9 Å². The Morgan fingerprint density at radius 2 is 2.08 bits per heavy atom. The van der Waals surface area contributed by atoms with Crippen molar-refractivity contribution in [2.24, 2.45) is 17.4 Å². The van der Waals surface area contributed by atoms with Gasteiger partial charge in [-0.25, -0.2) is 9.66 Å². The first-order valence-electron chi connectivity index (χ1n) is 8.65. The summed E-state index contributed by atoms with van der Waals surface area (Å²) in [5.74, 6) is 1.12. The molecule has 1 atom stereocenters. The van der Waals surface area contributed by atoms with E-state index in [0.717, 1.165) is 42.9 Å². The second-order valence-electron chi connectivity index (χ2n) is 6.97. The molecule has 6 nitrogen and oxygen atoms in total. The number of benzene rings is 1. The van der Waals surface area contributed by atoms with E-state index in [1.54, 1.807) is 6.20 Å². The van der Waals surface area contributed by atoms with Crippen LogP contribution in [0, 0.1) is 5.92 Å². The number of rotatable bonds is 3. The summed E-state index contributed by atoms with van der Waals surface area (Å²) in [4.78, 5) is 4.44.